The van der Waals surface area contributed by atoms with E-state index in [-0.39, 0.29) is 5.91 Å². The van der Waals surface area contributed by atoms with Crippen molar-refractivity contribution in [3.8, 4) is 0 Å². The molecule has 1 amide bonds. The highest BCUT2D eigenvalue weighted by Crippen LogP contribution is 2.18. The van der Waals surface area contributed by atoms with Crippen LogP contribution in [0.1, 0.15) is 15.9 Å². The third kappa shape index (κ3) is 3.23. The summed E-state index contributed by atoms with van der Waals surface area (Å²) in [6.45, 7) is 2.01. The van der Waals surface area contributed by atoms with Gasteiger partial charge in [-0.2, -0.15) is 0 Å². The number of nitrogens with one attached hydrogen (secondary N) is 1. The largest absolute Gasteiger partial charge is 0.322 e. The topological polar surface area (TPSA) is 29.1 Å². The molecular formula is C14H11ClINO. The van der Waals surface area contributed by atoms with Crippen molar-refractivity contribution in [1.82, 2.24) is 0 Å². The quantitative estimate of drug-likeness (QED) is 0.774. The standard InChI is InChI=1S/C14H11ClINO/c1-9-8-12(6-7-13(9)16)17-14(18)10-2-4-11(15)5-3-10/h2-8H,1H3,(H,17,18). The van der Waals surface area contributed by atoms with E-state index in [4.69, 9.17) is 11.6 Å². The molecule has 2 aromatic rings. The fourth-order valence-corrected chi connectivity index (χ4v) is 1.99. The van der Waals surface area contributed by atoms with Gasteiger partial charge in [0.25, 0.3) is 5.91 Å². The van der Waals surface area contributed by atoms with Crippen LogP contribution in [-0.2, 0) is 0 Å². The molecule has 0 spiro atoms. The molecule has 0 bridgehead atoms. The van der Waals surface area contributed by atoms with Crippen LogP contribution < -0.4 is 5.32 Å². The Morgan fingerprint density at radius 2 is 1.83 bits per heavy atom. The normalized spacial score (nSPS) is 10.2. The molecule has 0 aliphatic carbocycles. The number of benzene rings is 2. The minimum Gasteiger partial charge on any atom is -0.322 e. The van der Waals surface area contributed by atoms with Crippen LogP contribution in [-0.4, -0.2) is 5.91 Å². The first-order valence-electron chi connectivity index (χ1n) is 5.39. The van der Waals surface area contributed by atoms with E-state index >= 15 is 0 Å². The van der Waals surface area contributed by atoms with Crippen molar-refractivity contribution in [3.05, 3.63) is 62.2 Å². The van der Waals surface area contributed by atoms with Gasteiger partial charge in [0, 0.05) is 19.8 Å². The summed E-state index contributed by atoms with van der Waals surface area (Å²) in [6, 6.07) is 12.6. The minimum absolute atomic E-state index is 0.132. The molecule has 1 N–H and O–H groups in total. The fraction of sp³-hybridized carbons (Fsp3) is 0.0714. The molecule has 0 aliphatic heterocycles. The van der Waals surface area contributed by atoms with Crippen LogP contribution in [0.5, 0.6) is 0 Å². The van der Waals surface area contributed by atoms with E-state index in [2.05, 4.69) is 27.9 Å². The third-order valence-corrected chi connectivity index (χ3v) is 3.98. The van der Waals surface area contributed by atoms with Crippen molar-refractivity contribution in [2.24, 2.45) is 0 Å². The second kappa shape index (κ2) is 5.71. The van der Waals surface area contributed by atoms with Crippen LogP contribution in [0, 0.1) is 10.5 Å². The maximum absolute atomic E-state index is 12.0. The van der Waals surface area contributed by atoms with Crippen molar-refractivity contribution in [3.63, 3.8) is 0 Å². The molecule has 4 heteroatoms. The lowest BCUT2D eigenvalue weighted by Gasteiger charge is -2.07. The summed E-state index contributed by atoms with van der Waals surface area (Å²) in [6.07, 6.45) is 0. The van der Waals surface area contributed by atoms with E-state index in [1.54, 1.807) is 24.3 Å². The second-order valence-corrected chi connectivity index (χ2v) is 5.52. The molecule has 0 atom stereocenters. The van der Waals surface area contributed by atoms with Gasteiger partial charge in [0.1, 0.15) is 0 Å². The van der Waals surface area contributed by atoms with Gasteiger partial charge in [-0.3, -0.25) is 4.79 Å². The number of rotatable bonds is 2. The highest BCUT2D eigenvalue weighted by molar-refractivity contribution is 14.1. The summed E-state index contributed by atoms with van der Waals surface area (Å²) >= 11 is 8.04. The van der Waals surface area contributed by atoms with E-state index < -0.39 is 0 Å². The van der Waals surface area contributed by atoms with Gasteiger partial charge in [-0.25, -0.2) is 0 Å². The van der Waals surface area contributed by atoms with Crippen molar-refractivity contribution < 1.29 is 4.79 Å². The molecule has 0 saturated heterocycles. The Bertz CT molecular complexity index is 581. The summed E-state index contributed by atoms with van der Waals surface area (Å²) in [5, 5.41) is 3.48. The maximum Gasteiger partial charge on any atom is 0.255 e. The van der Waals surface area contributed by atoms with Crippen molar-refractivity contribution in [2.75, 3.05) is 5.32 Å². The number of hydrogen-bond donors (Lipinski definition) is 1. The summed E-state index contributed by atoms with van der Waals surface area (Å²) in [7, 11) is 0. The summed E-state index contributed by atoms with van der Waals surface area (Å²) in [5.41, 5.74) is 2.54. The van der Waals surface area contributed by atoms with Crippen LogP contribution in [0.4, 0.5) is 5.69 Å². The minimum atomic E-state index is -0.132. The fourth-order valence-electron chi connectivity index (χ4n) is 1.53. The first-order chi connectivity index (χ1) is 8.56. The molecule has 0 heterocycles. The monoisotopic (exact) mass is 371 g/mol. The number of carbonyl (C=O) groups is 1. The highest BCUT2D eigenvalue weighted by atomic mass is 127. The van der Waals surface area contributed by atoms with Gasteiger partial charge >= 0.3 is 0 Å². The Kier molecular flexibility index (Phi) is 4.24. The van der Waals surface area contributed by atoms with E-state index in [9.17, 15) is 4.79 Å². The maximum atomic E-state index is 12.0. The van der Waals surface area contributed by atoms with Gasteiger partial charge in [-0.05, 0) is 77.5 Å². The van der Waals surface area contributed by atoms with Gasteiger partial charge in [0.15, 0.2) is 0 Å². The van der Waals surface area contributed by atoms with E-state index in [1.165, 1.54) is 3.57 Å². The lowest BCUT2D eigenvalue weighted by Crippen LogP contribution is -2.11. The summed E-state index contributed by atoms with van der Waals surface area (Å²) in [5.74, 6) is -0.132. The molecule has 0 aliphatic rings. The Hall–Kier alpha value is -1.07. The zero-order valence-electron chi connectivity index (χ0n) is 9.71. The molecule has 0 saturated carbocycles. The SMILES string of the molecule is Cc1cc(NC(=O)c2ccc(Cl)cc2)ccc1I. The summed E-state index contributed by atoms with van der Waals surface area (Å²) in [4.78, 5) is 12.0. The molecular weight excluding hydrogens is 361 g/mol. The Balaban J connectivity index is 2.16. The average Bonchev–Trinajstić information content (AvgIpc) is 2.34. The first-order valence-corrected chi connectivity index (χ1v) is 6.85. The van der Waals surface area contributed by atoms with Crippen molar-refractivity contribution in [2.45, 2.75) is 6.92 Å². The zero-order chi connectivity index (χ0) is 13.1. The molecule has 2 rings (SSSR count). The number of aryl methyl sites for hydroxylation is 1. The van der Waals surface area contributed by atoms with Crippen LogP contribution in [0.3, 0.4) is 0 Å². The van der Waals surface area contributed by atoms with Crippen molar-refractivity contribution >= 4 is 45.8 Å². The predicted octanol–water partition coefficient (Wildman–Crippen LogP) is 4.51. The molecule has 18 heavy (non-hydrogen) atoms. The van der Waals surface area contributed by atoms with Crippen LogP contribution >= 0.6 is 34.2 Å². The molecule has 2 aromatic carbocycles. The van der Waals surface area contributed by atoms with Gasteiger partial charge in [0.05, 0.1) is 0 Å². The van der Waals surface area contributed by atoms with E-state index in [0.29, 0.717) is 10.6 Å². The zero-order valence-corrected chi connectivity index (χ0v) is 12.6. The Morgan fingerprint density at radius 3 is 2.44 bits per heavy atom. The molecule has 0 fully saturated rings. The third-order valence-electron chi connectivity index (χ3n) is 2.52. The van der Waals surface area contributed by atoms with Gasteiger partial charge < -0.3 is 5.32 Å². The van der Waals surface area contributed by atoms with E-state index in [1.807, 2.05) is 25.1 Å². The molecule has 2 nitrogen and oxygen atoms in total. The molecule has 0 unspecified atom stereocenters. The lowest BCUT2D eigenvalue weighted by molar-refractivity contribution is 0.102. The van der Waals surface area contributed by atoms with Gasteiger partial charge in [0.2, 0.25) is 0 Å². The number of anilines is 1. The first kappa shape index (κ1) is 13.4. The van der Waals surface area contributed by atoms with Gasteiger partial charge in [-0.15, -0.1) is 0 Å². The number of halogens is 2. The van der Waals surface area contributed by atoms with Gasteiger partial charge in [-0.1, -0.05) is 11.6 Å². The number of amides is 1. The van der Waals surface area contributed by atoms with Crippen LogP contribution in [0.25, 0.3) is 0 Å². The van der Waals surface area contributed by atoms with Crippen LogP contribution in [0.2, 0.25) is 5.02 Å². The molecule has 92 valence electrons. The second-order valence-electron chi connectivity index (χ2n) is 3.92. The molecule has 0 aromatic heterocycles. The Morgan fingerprint density at radius 1 is 1.17 bits per heavy atom. The lowest BCUT2D eigenvalue weighted by atomic mass is 10.2. The number of hydrogen-bond acceptors (Lipinski definition) is 1. The average molecular weight is 372 g/mol. The summed E-state index contributed by atoms with van der Waals surface area (Å²) < 4.78 is 1.18. The smallest absolute Gasteiger partial charge is 0.255 e. The highest BCUT2D eigenvalue weighted by Gasteiger charge is 2.06. The number of carbonyl (C=O) groups excluding carboxylic acids is 1. The van der Waals surface area contributed by atoms with Crippen molar-refractivity contribution in [1.29, 1.82) is 0 Å². The predicted molar refractivity (Wildman–Crippen MR) is 83.3 cm³/mol. The van der Waals surface area contributed by atoms with E-state index in [0.717, 1.165) is 11.3 Å². The van der Waals surface area contributed by atoms with Crippen LogP contribution in [0.15, 0.2) is 42.5 Å². The molecule has 0 radical (unpaired) electrons. The Labute approximate surface area is 124 Å².